The highest BCUT2D eigenvalue weighted by Gasteiger charge is 2.31. The number of rotatable bonds is 4. The summed E-state index contributed by atoms with van der Waals surface area (Å²) >= 11 is 0. The molecular formula is C13H20N2O5S. The van der Waals surface area contributed by atoms with Crippen molar-refractivity contribution in [3.8, 4) is 0 Å². The molecule has 118 valence electrons. The Morgan fingerprint density at radius 3 is 2.57 bits per heavy atom. The van der Waals surface area contributed by atoms with Gasteiger partial charge >= 0.3 is 5.97 Å². The fraction of sp³-hybridized carbons (Fsp3) is 0.615. The number of aromatic nitrogens is 1. The summed E-state index contributed by atoms with van der Waals surface area (Å²) in [4.78, 5) is 11.2. The predicted octanol–water partition coefficient (Wildman–Crippen LogP) is 0.913. The summed E-state index contributed by atoms with van der Waals surface area (Å²) in [5.41, 5.74) is -0.0545. The molecule has 1 aliphatic rings. The van der Waals surface area contributed by atoms with Gasteiger partial charge in [0.15, 0.2) is 0 Å². The number of carboxylic acid groups (broad SMARTS) is 1. The summed E-state index contributed by atoms with van der Waals surface area (Å²) < 4.78 is 27.7. The van der Waals surface area contributed by atoms with Crippen molar-refractivity contribution in [2.24, 2.45) is 0 Å². The third kappa shape index (κ3) is 3.12. The number of hydrogen-bond donors (Lipinski definition) is 2. The normalized spacial score (nSPS) is 20.9. The van der Waals surface area contributed by atoms with E-state index in [0.717, 1.165) is 0 Å². The second-order valence-electron chi connectivity index (χ2n) is 5.53. The van der Waals surface area contributed by atoms with E-state index < -0.39 is 22.1 Å². The average Bonchev–Trinajstić information content (AvgIpc) is 2.84. The number of carbonyl (C=O) groups is 1. The molecule has 1 aromatic heterocycles. The van der Waals surface area contributed by atoms with Gasteiger partial charge in [-0.25, -0.2) is 13.2 Å². The van der Waals surface area contributed by atoms with Crippen molar-refractivity contribution >= 4 is 16.0 Å². The quantitative estimate of drug-likeness (QED) is 0.860. The molecule has 1 fully saturated rings. The summed E-state index contributed by atoms with van der Waals surface area (Å²) in [5, 5.41) is 18.8. The van der Waals surface area contributed by atoms with Gasteiger partial charge in [-0.05, 0) is 32.8 Å². The third-order valence-electron chi connectivity index (χ3n) is 3.60. The summed E-state index contributed by atoms with van der Waals surface area (Å²) in [5.74, 6) is -1.16. The number of hydrogen-bond acceptors (Lipinski definition) is 4. The number of sulfonamides is 1. The molecule has 21 heavy (non-hydrogen) atoms. The SMILES string of the molecule is CC(C)n1cc(S(=O)(=O)N2CCC[C@H](O)C2)cc1C(=O)O. The van der Waals surface area contributed by atoms with Crippen LogP contribution in [0, 0.1) is 0 Å². The van der Waals surface area contributed by atoms with Crippen LogP contribution < -0.4 is 0 Å². The Morgan fingerprint density at radius 2 is 2.10 bits per heavy atom. The first kappa shape index (κ1) is 16.0. The van der Waals surface area contributed by atoms with E-state index >= 15 is 0 Å². The van der Waals surface area contributed by atoms with E-state index in [1.807, 2.05) is 0 Å². The van der Waals surface area contributed by atoms with Crippen LogP contribution >= 0.6 is 0 Å². The van der Waals surface area contributed by atoms with Crippen molar-refractivity contribution < 1.29 is 23.4 Å². The predicted molar refractivity (Wildman–Crippen MR) is 75.8 cm³/mol. The lowest BCUT2D eigenvalue weighted by Crippen LogP contribution is -2.41. The van der Waals surface area contributed by atoms with E-state index in [9.17, 15) is 23.4 Å². The minimum Gasteiger partial charge on any atom is -0.477 e. The van der Waals surface area contributed by atoms with Crippen LogP contribution in [0.1, 0.15) is 43.2 Å². The van der Waals surface area contributed by atoms with Crippen molar-refractivity contribution in [3.63, 3.8) is 0 Å². The number of nitrogens with zero attached hydrogens (tertiary/aromatic N) is 2. The Morgan fingerprint density at radius 1 is 1.43 bits per heavy atom. The summed E-state index contributed by atoms with van der Waals surface area (Å²) in [6, 6.07) is 1.02. The molecule has 2 N–H and O–H groups in total. The maximum Gasteiger partial charge on any atom is 0.352 e. The lowest BCUT2D eigenvalue weighted by Gasteiger charge is -2.28. The van der Waals surface area contributed by atoms with Crippen molar-refractivity contribution in [1.82, 2.24) is 8.87 Å². The molecule has 0 bridgehead atoms. The minimum absolute atomic E-state index is 0.0392. The molecule has 1 saturated heterocycles. The Hall–Kier alpha value is -1.38. The number of aliphatic hydroxyl groups is 1. The fourth-order valence-electron chi connectivity index (χ4n) is 2.48. The molecule has 0 aliphatic carbocycles. The molecule has 0 unspecified atom stereocenters. The number of carboxylic acids is 1. The largest absolute Gasteiger partial charge is 0.477 e. The van der Waals surface area contributed by atoms with E-state index in [1.165, 1.54) is 21.1 Å². The molecule has 0 aromatic carbocycles. The van der Waals surface area contributed by atoms with E-state index in [-0.39, 0.29) is 23.2 Å². The van der Waals surface area contributed by atoms with Crippen molar-refractivity contribution in [2.45, 2.75) is 43.7 Å². The molecule has 0 spiro atoms. The molecule has 7 nitrogen and oxygen atoms in total. The summed E-state index contributed by atoms with van der Waals surface area (Å²) in [7, 11) is -3.77. The van der Waals surface area contributed by atoms with Gasteiger partial charge in [0.1, 0.15) is 10.6 Å². The van der Waals surface area contributed by atoms with Gasteiger partial charge in [0.25, 0.3) is 0 Å². The van der Waals surface area contributed by atoms with Crippen LogP contribution in [0.5, 0.6) is 0 Å². The van der Waals surface area contributed by atoms with E-state index in [4.69, 9.17) is 0 Å². The maximum atomic E-state index is 12.6. The Labute approximate surface area is 123 Å². The highest BCUT2D eigenvalue weighted by atomic mass is 32.2. The van der Waals surface area contributed by atoms with Crippen LogP contribution in [0.4, 0.5) is 0 Å². The van der Waals surface area contributed by atoms with Gasteiger partial charge in [0.05, 0.1) is 6.10 Å². The maximum absolute atomic E-state index is 12.6. The number of aliphatic hydroxyl groups excluding tert-OH is 1. The average molecular weight is 316 g/mol. The van der Waals surface area contributed by atoms with Crippen LogP contribution in [-0.2, 0) is 10.0 Å². The van der Waals surface area contributed by atoms with Crippen LogP contribution in [-0.4, -0.2) is 52.7 Å². The van der Waals surface area contributed by atoms with E-state index in [1.54, 1.807) is 13.8 Å². The number of piperidine rings is 1. The van der Waals surface area contributed by atoms with Crippen LogP contribution in [0.3, 0.4) is 0 Å². The monoisotopic (exact) mass is 316 g/mol. The zero-order chi connectivity index (χ0) is 15.8. The Balaban J connectivity index is 2.40. The molecule has 2 heterocycles. The molecular weight excluding hydrogens is 296 g/mol. The van der Waals surface area contributed by atoms with Crippen LogP contribution in [0.2, 0.25) is 0 Å². The topological polar surface area (TPSA) is 99.8 Å². The smallest absolute Gasteiger partial charge is 0.352 e. The fourth-order valence-corrected chi connectivity index (χ4v) is 4.03. The summed E-state index contributed by atoms with van der Waals surface area (Å²) in [6.07, 6.45) is 1.86. The molecule has 0 saturated carbocycles. The first-order valence-electron chi connectivity index (χ1n) is 6.87. The van der Waals surface area contributed by atoms with Gasteiger partial charge in [-0.3, -0.25) is 0 Å². The lowest BCUT2D eigenvalue weighted by atomic mass is 10.1. The third-order valence-corrected chi connectivity index (χ3v) is 5.43. The molecule has 8 heteroatoms. The molecule has 0 amide bonds. The Kier molecular flexibility index (Phi) is 4.40. The van der Waals surface area contributed by atoms with E-state index in [0.29, 0.717) is 19.4 Å². The minimum atomic E-state index is -3.77. The zero-order valence-corrected chi connectivity index (χ0v) is 12.9. The van der Waals surface area contributed by atoms with Gasteiger partial charge < -0.3 is 14.8 Å². The van der Waals surface area contributed by atoms with E-state index in [2.05, 4.69) is 0 Å². The Bertz CT molecular complexity index is 635. The zero-order valence-electron chi connectivity index (χ0n) is 12.1. The lowest BCUT2D eigenvalue weighted by molar-refractivity contribution is 0.0683. The first-order valence-corrected chi connectivity index (χ1v) is 8.31. The van der Waals surface area contributed by atoms with Crippen LogP contribution in [0.15, 0.2) is 17.2 Å². The van der Waals surface area contributed by atoms with Crippen molar-refractivity contribution in [3.05, 3.63) is 18.0 Å². The second-order valence-corrected chi connectivity index (χ2v) is 7.46. The molecule has 1 atom stereocenters. The number of β-amino-alcohol motifs (C(OH)–C–C–N with tert-alkyl or cyclic N) is 1. The molecule has 2 rings (SSSR count). The molecule has 1 aliphatic heterocycles. The van der Waals surface area contributed by atoms with Crippen molar-refractivity contribution in [2.75, 3.05) is 13.1 Å². The second kappa shape index (κ2) is 5.78. The molecule has 1 aromatic rings. The van der Waals surface area contributed by atoms with Gasteiger partial charge in [-0.2, -0.15) is 4.31 Å². The van der Waals surface area contributed by atoms with Gasteiger partial charge in [-0.15, -0.1) is 0 Å². The standard InChI is InChI=1S/C13H20N2O5S/c1-9(2)15-8-11(6-12(15)13(17)18)21(19,20)14-5-3-4-10(16)7-14/h6,8-10,16H,3-5,7H2,1-2H3,(H,17,18)/t10-/m0/s1. The van der Waals surface area contributed by atoms with Gasteiger partial charge in [-0.1, -0.05) is 0 Å². The molecule has 0 radical (unpaired) electrons. The highest BCUT2D eigenvalue weighted by Crippen LogP contribution is 2.24. The summed E-state index contributed by atoms with van der Waals surface area (Å²) in [6.45, 7) is 3.97. The first-order chi connectivity index (χ1) is 9.73. The van der Waals surface area contributed by atoms with Gasteiger partial charge in [0.2, 0.25) is 10.0 Å². The number of aromatic carboxylic acids is 1. The van der Waals surface area contributed by atoms with Crippen LogP contribution in [0.25, 0.3) is 0 Å². The van der Waals surface area contributed by atoms with Crippen molar-refractivity contribution in [1.29, 1.82) is 0 Å². The highest BCUT2D eigenvalue weighted by molar-refractivity contribution is 7.89. The van der Waals surface area contributed by atoms with Gasteiger partial charge in [0, 0.05) is 25.3 Å².